The number of hydrogen-bond donors (Lipinski definition) is 1. The number of ether oxygens (including phenoxy) is 1. The maximum atomic E-state index is 12.2. The standard InChI is InChI=1S/C21H20ClNO4/c1-4-14-9-20(25)27-18-10-15(5-6-16(14)18)26-11-19(24)23-21-13(3)7-12(2)8-17(21)22/h5-10H,4,11H2,1-3H3,(H,23,24). The number of aryl methyl sites for hydroxylation is 3. The summed E-state index contributed by atoms with van der Waals surface area (Å²) in [6.07, 6.45) is 0.724. The second-order valence-corrected chi connectivity index (χ2v) is 6.78. The van der Waals surface area contributed by atoms with Crippen molar-refractivity contribution in [3.8, 4) is 5.75 Å². The van der Waals surface area contributed by atoms with Crippen LogP contribution in [0.15, 0.2) is 45.6 Å². The Morgan fingerprint density at radius 3 is 2.67 bits per heavy atom. The predicted octanol–water partition coefficient (Wildman–Crippen LogP) is 4.64. The van der Waals surface area contributed by atoms with E-state index in [4.69, 9.17) is 20.8 Å². The van der Waals surface area contributed by atoms with Crippen molar-refractivity contribution in [2.45, 2.75) is 27.2 Å². The normalized spacial score (nSPS) is 10.8. The highest BCUT2D eigenvalue weighted by Crippen LogP contribution is 2.27. The Balaban J connectivity index is 1.73. The summed E-state index contributed by atoms with van der Waals surface area (Å²) < 4.78 is 10.8. The Labute approximate surface area is 161 Å². The van der Waals surface area contributed by atoms with Gasteiger partial charge >= 0.3 is 5.63 Å². The summed E-state index contributed by atoms with van der Waals surface area (Å²) in [5, 5.41) is 4.12. The van der Waals surface area contributed by atoms with Gasteiger partial charge in [-0.2, -0.15) is 0 Å². The zero-order chi connectivity index (χ0) is 19.6. The van der Waals surface area contributed by atoms with Gasteiger partial charge in [-0.25, -0.2) is 4.79 Å². The summed E-state index contributed by atoms with van der Waals surface area (Å²) in [6, 6.07) is 10.4. The molecule has 0 aliphatic carbocycles. The molecule has 0 aliphatic heterocycles. The summed E-state index contributed by atoms with van der Waals surface area (Å²) in [7, 11) is 0. The van der Waals surface area contributed by atoms with Crippen molar-refractivity contribution in [2.24, 2.45) is 0 Å². The molecule has 3 rings (SSSR count). The maximum Gasteiger partial charge on any atom is 0.336 e. The van der Waals surface area contributed by atoms with Gasteiger partial charge in [0.2, 0.25) is 0 Å². The average molecular weight is 386 g/mol. The third-order valence-electron chi connectivity index (χ3n) is 4.25. The molecule has 0 spiro atoms. The molecule has 3 aromatic rings. The number of hydrogen-bond acceptors (Lipinski definition) is 4. The molecule has 0 fully saturated rings. The molecule has 0 radical (unpaired) electrons. The monoisotopic (exact) mass is 385 g/mol. The van der Waals surface area contributed by atoms with Gasteiger partial charge in [0.1, 0.15) is 11.3 Å². The summed E-state index contributed by atoms with van der Waals surface area (Å²) in [6.45, 7) is 5.61. The van der Waals surface area contributed by atoms with Crippen molar-refractivity contribution < 1.29 is 13.9 Å². The fourth-order valence-corrected chi connectivity index (χ4v) is 3.36. The topological polar surface area (TPSA) is 68.5 Å². The smallest absolute Gasteiger partial charge is 0.336 e. The number of carbonyl (C=O) groups is 1. The van der Waals surface area contributed by atoms with Crippen LogP contribution in [0.3, 0.4) is 0 Å². The third-order valence-corrected chi connectivity index (χ3v) is 4.55. The van der Waals surface area contributed by atoms with Crippen LogP contribution in [0.5, 0.6) is 5.75 Å². The lowest BCUT2D eigenvalue weighted by Gasteiger charge is -2.12. The number of nitrogens with one attached hydrogen (secondary N) is 1. The zero-order valence-electron chi connectivity index (χ0n) is 15.4. The van der Waals surface area contributed by atoms with E-state index in [9.17, 15) is 9.59 Å². The molecule has 27 heavy (non-hydrogen) atoms. The van der Waals surface area contributed by atoms with Crippen molar-refractivity contribution in [3.05, 3.63) is 68.5 Å². The van der Waals surface area contributed by atoms with Gasteiger partial charge in [-0.3, -0.25) is 4.79 Å². The minimum absolute atomic E-state index is 0.188. The first-order chi connectivity index (χ1) is 12.9. The Hall–Kier alpha value is -2.79. The molecular weight excluding hydrogens is 366 g/mol. The Bertz CT molecular complexity index is 1050. The van der Waals surface area contributed by atoms with E-state index in [2.05, 4.69) is 5.32 Å². The van der Waals surface area contributed by atoms with Crippen molar-refractivity contribution in [2.75, 3.05) is 11.9 Å². The summed E-state index contributed by atoms with van der Waals surface area (Å²) in [5.74, 6) is 0.119. The van der Waals surface area contributed by atoms with Crippen LogP contribution in [0, 0.1) is 13.8 Å². The van der Waals surface area contributed by atoms with Crippen LogP contribution in [0.2, 0.25) is 5.02 Å². The number of carbonyl (C=O) groups excluding carboxylic acids is 1. The van der Waals surface area contributed by atoms with Crippen LogP contribution in [-0.2, 0) is 11.2 Å². The Morgan fingerprint density at radius 1 is 1.19 bits per heavy atom. The quantitative estimate of drug-likeness (QED) is 0.649. The summed E-state index contributed by atoms with van der Waals surface area (Å²) >= 11 is 6.21. The fourth-order valence-electron chi connectivity index (χ4n) is 2.99. The number of halogens is 1. The van der Waals surface area contributed by atoms with E-state index in [1.54, 1.807) is 18.2 Å². The van der Waals surface area contributed by atoms with E-state index in [0.29, 0.717) is 22.0 Å². The van der Waals surface area contributed by atoms with Gasteiger partial charge in [0.15, 0.2) is 6.61 Å². The molecule has 0 saturated carbocycles. The van der Waals surface area contributed by atoms with Gasteiger partial charge in [0.25, 0.3) is 5.91 Å². The van der Waals surface area contributed by atoms with Crippen LogP contribution in [0.25, 0.3) is 11.0 Å². The highest BCUT2D eigenvalue weighted by Gasteiger charge is 2.11. The number of amides is 1. The van der Waals surface area contributed by atoms with E-state index in [1.165, 1.54) is 6.07 Å². The molecule has 0 aliphatic rings. The first-order valence-electron chi connectivity index (χ1n) is 8.63. The minimum Gasteiger partial charge on any atom is -0.484 e. The molecular formula is C21H20ClNO4. The fraction of sp³-hybridized carbons (Fsp3) is 0.238. The first kappa shape index (κ1) is 19.0. The van der Waals surface area contributed by atoms with Gasteiger partial charge in [0.05, 0.1) is 10.7 Å². The molecule has 0 saturated heterocycles. The zero-order valence-corrected chi connectivity index (χ0v) is 16.1. The molecule has 6 heteroatoms. The van der Waals surface area contributed by atoms with Crippen molar-refractivity contribution in [1.82, 2.24) is 0 Å². The summed E-state index contributed by atoms with van der Waals surface area (Å²) in [5.41, 5.74) is 3.43. The SMILES string of the molecule is CCc1cc(=O)oc2cc(OCC(=O)Nc3c(C)cc(C)cc3Cl)ccc12. The van der Waals surface area contributed by atoms with Crippen LogP contribution >= 0.6 is 11.6 Å². The lowest BCUT2D eigenvalue weighted by molar-refractivity contribution is -0.118. The van der Waals surface area contributed by atoms with Crippen LogP contribution in [-0.4, -0.2) is 12.5 Å². The van der Waals surface area contributed by atoms with E-state index in [-0.39, 0.29) is 12.5 Å². The van der Waals surface area contributed by atoms with Gasteiger partial charge in [0, 0.05) is 17.5 Å². The number of benzene rings is 2. The molecule has 1 aromatic heterocycles. The van der Waals surface area contributed by atoms with Crippen molar-refractivity contribution in [1.29, 1.82) is 0 Å². The van der Waals surface area contributed by atoms with Gasteiger partial charge in [-0.15, -0.1) is 0 Å². The Kier molecular flexibility index (Phi) is 5.51. The lowest BCUT2D eigenvalue weighted by Crippen LogP contribution is -2.21. The highest BCUT2D eigenvalue weighted by molar-refractivity contribution is 6.34. The van der Waals surface area contributed by atoms with E-state index < -0.39 is 5.63 Å². The minimum atomic E-state index is -0.404. The van der Waals surface area contributed by atoms with E-state index in [0.717, 1.165) is 28.5 Å². The van der Waals surface area contributed by atoms with Gasteiger partial charge in [-0.1, -0.05) is 24.6 Å². The second-order valence-electron chi connectivity index (χ2n) is 6.38. The van der Waals surface area contributed by atoms with E-state index in [1.807, 2.05) is 32.9 Å². The highest BCUT2D eigenvalue weighted by atomic mass is 35.5. The Morgan fingerprint density at radius 2 is 1.96 bits per heavy atom. The molecule has 2 aromatic carbocycles. The van der Waals surface area contributed by atoms with Crippen molar-refractivity contribution in [3.63, 3.8) is 0 Å². The number of fused-ring (bicyclic) bond motifs is 1. The molecule has 0 atom stereocenters. The maximum absolute atomic E-state index is 12.2. The van der Waals surface area contributed by atoms with Crippen LogP contribution in [0.4, 0.5) is 5.69 Å². The molecule has 1 heterocycles. The van der Waals surface area contributed by atoms with Crippen LogP contribution < -0.4 is 15.7 Å². The summed E-state index contributed by atoms with van der Waals surface area (Å²) in [4.78, 5) is 23.9. The van der Waals surface area contributed by atoms with Crippen molar-refractivity contribution >= 4 is 34.2 Å². The van der Waals surface area contributed by atoms with Gasteiger partial charge < -0.3 is 14.5 Å². The largest absolute Gasteiger partial charge is 0.484 e. The molecule has 5 nitrogen and oxygen atoms in total. The molecule has 1 amide bonds. The third kappa shape index (κ3) is 4.31. The molecule has 1 N–H and O–H groups in total. The number of rotatable bonds is 5. The second kappa shape index (κ2) is 7.84. The van der Waals surface area contributed by atoms with Gasteiger partial charge in [-0.05, 0) is 55.2 Å². The number of anilines is 1. The average Bonchev–Trinajstić information content (AvgIpc) is 2.61. The predicted molar refractivity (Wildman–Crippen MR) is 107 cm³/mol. The first-order valence-corrected chi connectivity index (χ1v) is 9.01. The molecule has 140 valence electrons. The van der Waals surface area contributed by atoms with E-state index >= 15 is 0 Å². The molecule has 0 unspecified atom stereocenters. The van der Waals surface area contributed by atoms with Crippen LogP contribution in [0.1, 0.15) is 23.6 Å². The molecule has 0 bridgehead atoms. The lowest BCUT2D eigenvalue weighted by atomic mass is 10.1.